The lowest BCUT2D eigenvalue weighted by Gasteiger charge is -2.30. The van der Waals surface area contributed by atoms with E-state index in [1.54, 1.807) is 6.92 Å². The van der Waals surface area contributed by atoms with E-state index in [-0.39, 0.29) is 59.1 Å². The van der Waals surface area contributed by atoms with E-state index in [0.29, 0.717) is 12.8 Å². The Balaban J connectivity index is 1.20. The molecule has 378 valence electrons. The molecule has 11 N–H and O–H groups in total. The number of nitrogens with one attached hydrogen (secondary N) is 3. The molecule has 1 saturated carbocycles. The first kappa shape index (κ1) is 56.3. The number of imidazole rings is 1. The fourth-order valence-corrected chi connectivity index (χ4v) is 10.9. The van der Waals surface area contributed by atoms with Gasteiger partial charge in [-0.25, -0.2) is 28.6 Å². The van der Waals surface area contributed by atoms with E-state index in [0.717, 1.165) is 61.1 Å². The van der Waals surface area contributed by atoms with Gasteiger partial charge >= 0.3 is 23.5 Å². The zero-order chi connectivity index (χ0) is 49.9. The summed E-state index contributed by atoms with van der Waals surface area (Å²) in [6.07, 6.45) is -1.30. The molecule has 2 fully saturated rings. The zero-order valence-electron chi connectivity index (χ0n) is 37.1. The molecule has 2 aromatic rings. The van der Waals surface area contributed by atoms with Gasteiger partial charge in [-0.2, -0.15) is 4.31 Å². The van der Waals surface area contributed by atoms with Crippen molar-refractivity contribution in [2.24, 2.45) is 17.3 Å². The summed E-state index contributed by atoms with van der Waals surface area (Å²) < 4.78 is 62.5. The number of thioether (sulfide) groups is 1. The number of carbonyl (C=O) groups is 5. The third-order valence-corrected chi connectivity index (χ3v) is 14.9. The van der Waals surface area contributed by atoms with Gasteiger partial charge in [-0.1, -0.05) is 64.6 Å². The second-order valence-corrected chi connectivity index (χ2v) is 21.9. The Morgan fingerprint density at radius 1 is 0.985 bits per heavy atom. The number of rotatable bonds is 26. The van der Waals surface area contributed by atoms with Gasteiger partial charge in [0.2, 0.25) is 22.8 Å². The van der Waals surface area contributed by atoms with E-state index in [2.05, 4.69) is 39.7 Å². The third kappa shape index (κ3) is 17.0. The molecule has 2 aromatic heterocycles. The number of ketones is 1. The Kier molecular flexibility index (Phi) is 20.6. The number of carbonyl (C=O) groups excluding carboxylic acids is 5. The number of Topliss-reactive ketones (excluding diaryl/α,β-unsaturated/α-hetero) is 1. The number of anilines is 1. The van der Waals surface area contributed by atoms with E-state index < -0.39 is 102 Å². The first-order chi connectivity index (χ1) is 31.2. The lowest BCUT2D eigenvalue weighted by Crippen LogP contribution is -2.46. The van der Waals surface area contributed by atoms with Gasteiger partial charge in [0.05, 0.1) is 31.5 Å². The average Bonchev–Trinajstić information content (AvgIpc) is 3.80. The maximum Gasteiger partial charge on any atom is 0.481 e. The minimum Gasteiger partial charge on any atom is -0.386 e. The number of aromatic nitrogens is 4. The lowest BCUT2D eigenvalue weighted by atomic mass is 9.85. The van der Waals surface area contributed by atoms with Crippen molar-refractivity contribution in [1.29, 1.82) is 0 Å². The highest BCUT2D eigenvalue weighted by atomic mass is 32.2. The number of nitrogen functional groups attached to an aromatic ring is 1. The number of phosphoric acid groups is 3. The van der Waals surface area contributed by atoms with Crippen LogP contribution in [-0.4, -0.2) is 140 Å². The lowest BCUT2D eigenvalue weighted by molar-refractivity contribution is -0.137. The molecular formula is C36H59N8O19P3S. The van der Waals surface area contributed by atoms with Gasteiger partial charge in [-0.15, -0.1) is 0 Å². The zero-order valence-corrected chi connectivity index (χ0v) is 40.6. The summed E-state index contributed by atoms with van der Waals surface area (Å²) in [5, 5.41) is 29.1. The Labute approximate surface area is 388 Å². The van der Waals surface area contributed by atoms with Gasteiger partial charge in [-0.3, -0.25) is 42.1 Å². The molecular weight excluding hydrogens is 973 g/mol. The summed E-state index contributed by atoms with van der Waals surface area (Å²) in [6.45, 7) is 3.26. The highest BCUT2D eigenvalue weighted by molar-refractivity contribution is 8.13. The molecule has 1 aliphatic heterocycles. The van der Waals surface area contributed by atoms with Crippen molar-refractivity contribution < 1.29 is 90.1 Å². The Morgan fingerprint density at radius 2 is 1.66 bits per heavy atom. The molecule has 27 nitrogen and oxygen atoms in total. The summed E-state index contributed by atoms with van der Waals surface area (Å²) in [4.78, 5) is 114. The van der Waals surface area contributed by atoms with Crippen LogP contribution >= 0.6 is 35.2 Å². The minimum atomic E-state index is -5.61. The summed E-state index contributed by atoms with van der Waals surface area (Å²) in [5.74, 6) is -2.77. The van der Waals surface area contributed by atoms with Crippen molar-refractivity contribution in [2.75, 3.05) is 37.8 Å². The largest absolute Gasteiger partial charge is 0.481 e. The highest BCUT2D eigenvalue weighted by Crippen LogP contribution is 2.61. The number of aliphatic hydroxyl groups excluding tert-OH is 2. The van der Waals surface area contributed by atoms with Crippen LogP contribution in [0.3, 0.4) is 0 Å². The minimum absolute atomic E-state index is 0.0197. The van der Waals surface area contributed by atoms with E-state index in [1.807, 2.05) is 0 Å². The van der Waals surface area contributed by atoms with Crippen LogP contribution in [0.4, 0.5) is 5.82 Å². The predicted molar refractivity (Wildman–Crippen MR) is 235 cm³/mol. The number of nitrogens with two attached hydrogens (primary N) is 1. The quantitative estimate of drug-likeness (QED) is 0.0353. The second kappa shape index (κ2) is 24.5. The van der Waals surface area contributed by atoms with Crippen molar-refractivity contribution >= 4 is 80.8 Å². The van der Waals surface area contributed by atoms with Crippen LogP contribution in [0.25, 0.3) is 11.2 Å². The molecule has 0 radical (unpaired) electrons. The first-order valence-corrected chi connectivity index (χ1v) is 26.6. The van der Waals surface area contributed by atoms with Crippen molar-refractivity contribution in [3.8, 4) is 0 Å². The predicted octanol–water partition coefficient (Wildman–Crippen LogP) is 0.735. The number of nitrogens with zero attached hydrogens (tertiary/aromatic N) is 4. The average molecular weight is 1030 g/mol. The third-order valence-electron chi connectivity index (χ3n) is 10.9. The van der Waals surface area contributed by atoms with Crippen LogP contribution in [-0.2, 0) is 60.3 Å². The summed E-state index contributed by atoms with van der Waals surface area (Å²) >= 11 is 0.937. The SMILES string of the molecule is CCC(C(C)=O)C(=O)N[C@@H](CC1CCCCC1)C(=O)SCCNC(=O)CCNC(=O)C(O)C(C)(C)COP(=O)(O)OP(=O)(O)OC[C@H]1O[C@@H](n2cnc3c(N)ncnc32)[C@H](O)[C@@H]1OP(=O)(O)O. The number of ether oxygens (including phenoxy) is 1. The van der Waals surface area contributed by atoms with Gasteiger partial charge in [0.1, 0.15) is 42.0 Å². The molecule has 4 rings (SSSR count). The molecule has 3 heterocycles. The molecule has 67 heavy (non-hydrogen) atoms. The number of fused-ring (bicyclic) bond motifs is 1. The van der Waals surface area contributed by atoms with Crippen LogP contribution in [0, 0.1) is 17.3 Å². The highest BCUT2D eigenvalue weighted by Gasteiger charge is 2.50. The van der Waals surface area contributed by atoms with Gasteiger partial charge in [-0.05, 0) is 25.7 Å². The Bertz CT molecular complexity index is 2210. The summed E-state index contributed by atoms with van der Waals surface area (Å²) in [7, 11) is -16.5. The van der Waals surface area contributed by atoms with Crippen LogP contribution in [0.2, 0.25) is 0 Å². The van der Waals surface area contributed by atoms with Crippen LogP contribution in [0.15, 0.2) is 12.7 Å². The molecule has 9 atom stereocenters. The molecule has 0 aromatic carbocycles. The van der Waals surface area contributed by atoms with Crippen LogP contribution < -0.4 is 21.7 Å². The maximum absolute atomic E-state index is 13.2. The fraction of sp³-hybridized carbons (Fsp3) is 0.722. The Hall–Kier alpha value is -3.30. The van der Waals surface area contributed by atoms with E-state index in [9.17, 15) is 67.5 Å². The van der Waals surface area contributed by atoms with Crippen LogP contribution in [0.1, 0.15) is 85.3 Å². The molecule has 1 aliphatic carbocycles. The van der Waals surface area contributed by atoms with E-state index in [1.165, 1.54) is 20.8 Å². The van der Waals surface area contributed by atoms with E-state index >= 15 is 0 Å². The smallest absolute Gasteiger partial charge is 0.386 e. The van der Waals surface area contributed by atoms with Gasteiger partial charge in [0.15, 0.2) is 17.7 Å². The Morgan fingerprint density at radius 3 is 2.30 bits per heavy atom. The van der Waals surface area contributed by atoms with Crippen molar-refractivity contribution in [3.63, 3.8) is 0 Å². The molecule has 31 heteroatoms. The maximum atomic E-state index is 13.2. The number of phosphoric ester groups is 3. The molecule has 1 saturated heterocycles. The van der Waals surface area contributed by atoms with Gasteiger partial charge in [0, 0.05) is 30.7 Å². The number of hydrogen-bond donors (Lipinski definition) is 10. The van der Waals surface area contributed by atoms with Gasteiger partial charge < -0.3 is 56.2 Å². The van der Waals surface area contributed by atoms with Gasteiger partial charge in [0.25, 0.3) is 0 Å². The number of amides is 3. The monoisotopic (exact) mass is 1030 g/mol. The summed E-state index contributed by atoms with van der Waals surface area (Å²) in [5.41, 5.74) is 4.21. The molecule has 0 bridgehead atoms. The normalized spacial score (nSPS) is 22.5. The topological polar surface area (TPSA) is 410 Å². The molecule has 2 aliphatic rings. The number of hydrogen-bond acceptors (Lipinski definition) is 20. The van der Waals surface area contributed by atoms with E-state index in [4.69, 9.17) is 19.5 Å². The molecule has 3 amide bonds. The van der Waals surface area contributed by atoms with Crippen molar-refractivity contribution in [1.82, 2.24) is 35.5 Å². The second-order valence-electron chi connectivity index (χ2n) is 16.6. The van der Waals surface area contributed by atoms with Crippen molar-refractivity contribution in [3.05, 3.63) is 12.7 Å². The fourth-order valence-electron chi connectivity index (χ4n) is 7.28. The van der Waals surface area contributed by atoms with Crippen LogP contribution in [0.5, 0.6) is 0 Å². The molecule has 0 spiro atoms. The summed E-state index contributed by atoms with van der Waals surface area (Å²) in [6, 6.07) is -0.790. The number of aliphatic hydroxyl groups is 2. The molecule has 4 unspecified atom stereocenters. The first-order valence-electron chi connectivity index (χ1n) is 21.1. The standard InChI is InChI=1S/C36H59N8O19P3S/c1-5-22(20(2)45)32(49)43-23(15-21-9-7-6-8-10-21)35(51)67-14-13-38-25(46)11-12-39-33(50)29(48)36(3,4)17-60-66(57,58)63-65(55,56)59-16-24-28(62-64(52,53)54)27(47)34(61-24)44-19-42-26-30(37)40-18-41-31(26)44/h18-19,21-24,27-29,34,47-48H,5-17H2,1-4H3,(H,38,46)(H,39,50)(H,43,49)(H,55,56)(H,57,58)(H2,37,40,41)(H2,52,53,54)/t22?,23-,24+,27+,28+,29?,34+/m0/s1. The van der Waals surface area contributed by atoms with Crippen molar-refractivity contribution in [2.45, 2.75) is 116 Å².